The normalized spacial score (nSPS) is 18.0. The number of hydrogen-bond donors (Lipinski definition) is 3. The van der Waals surface area contributed by atoms with Gasteiger partial charge >= 0.3 is 0 Å². The van der Waals surface area contributed by atoms with E-state index in [1.807, 2.05) is 35.4 Å². The number of carbonyl (C=O) groups excluding carboxylic acids is 2. The number of halogens is 1. The Labute approximate surface area is 217 Å². The second-order valence-corrected chi connectivity index (χ2v) is 10.2. The second kappa shape index (κ2) is 9.25. The number of pyridine rings is 1. The van der Waals surface area contributed by atoms with E-state index in [4.69, 9.17) is 5.73 Å². The molecule has 11 heteroatoms. The molecule has 0 saturated carbocycles. The summed E-state index contributed by atoms with van der Waals surface area (Å²) in [5.74, 6) is -1.90. The lowest BCUT2D eigenvalue weighted by atomic mass is 9.83. The van der Waals surface area contributed by atoms with Gasteiger partial charge in [0.2, 0.25) is 5.91 Å². The van der Waals surface area contributed by atoms with Crippen LogP contribution in [0.25, 0.3) is 22.2 Å². The van der Waals surface area contributed by atoms with Crippen molar-refractivity contribution < 1.29 is 19.1 Å². The van der Waals surface area contributed by atoms with Gasteiger partial charge in [-0.1, -0.05) is 0 Å². The van der Waals surface area contributed by atoms with Crippen molar-refractivity contribution in [3.63, 3.8) is 0 Å². The third-order valence-electron chi connectivity index (χ3n) is 7.80. The topological polar surface area (TPSA) is 133 Å². The number of benzene rings is 1. The molecule has 2 fully saturated rings. The minimum absolute atomic E-state index is 0.185. The fourth-order valence-electron chi connectivity index (χ4n) is 5.82. The van der Waals surface area contributed by atoms with Crippen LogP contribution in [0.4, 0.5) is 4.39 Å². The van der Waals surface area contributed by atoms with Crippen LogP contribution in [0, 0.1) is 5.82 Å². The molecule has 2 aliphatic heterocycles. The number of nitrogens with one attached hydrogen (secondary N) is 1. The lowest BCUT2D eigenvalue weighted by Crippen LogP contribution is -2.67. The number of piperidine rings is 1. The zero-order chi connectivity index (χ0) is 26.4. The summed E-state index contributed by atoms with van der Waals surface area (Å²) in [7, 11) is 0. The van der Waals surface area contributed by atoms with Crippen molar-refractivity contribution in [2.24, 2.45) is 5.73 Å². The predicted molar refractivity (Wildman–Crippen MR) is 138 cm³/mol. The number of carbonyl (C=O) groups is 2. The van der Waals surface area contributed by atoms with Gasteiger partial charge in [0.25, 0.3) is 5.91 Å². The summed E-state index contributed by atoms with van der Waals surface area (Å²) in [5.41, 5.74) is 8.12. The van der Waals surface area contributed by atoms with Gasteiger partial charge in [0.15, 0.2) is 11.6 Å². The predicted octanol–water partition coefficient (Wildman–Crippen LogP) is 2.46. The molecule has 0 aliphatic carbocycles. The average Bonchev–Trinajstić information content (AvgIpc) is 3.57. The number of hydrogen-bond acceptors (Lipinski definition) is 6. The first-order chi connectivity index (χ1) is 18.3. The molecular formula is C27H28FN7O3. The van der Waals surface area contributed by atoms with Crippen molar-refractivity contribution in [3.05, 3.63) is 66.5 Å². The molecule has 0 atom stereocenters. The van der Waals surface area contributed by atoms with E-state index < -0.39 is 17.1 Å². The molecule has 4 N–H and O–H groups in total. The molecule has 4 aromatic rings. The van der Waals surface area contributed by atoms with E-state index in [2.05, 4.69) is 20.0 Å². The van der Waals surface area contributed by atoms with Crippen LogP contribution in [-0.2, 0) is 10.3 Å². The average molecular weight is 518 g/mol. The number of phenolic OH excluding ortho intramolecular Hbond substituents is 1. The number of aromatic amines is 1. The maximum atomic E-state index is 13.7. The van der Waals surface area contributed by atoms with Gasteiger partial charge in [-0.3, -0.25) is 19.2 Å². The van der Waals surface area contributed by atoms with Crippen molar-refractivity contribution >= 4 is 22.8 Å². The van der Waals surface area contributed by atoms with Gasteiger partial charge < -0.3 is 20.7 Å². The molecule has 196 valence electrons. The van der Waals surface area contributed by atoms with E-state index in [9.17, 15) is 19.1 Å². The third-order valence-corrected chi connectivity index (χ3v) is 7.80. The number of aromatic nitrogens is 4. The lowest BCUT2D eigenvalue weighted by Gasteiger charge is -2.54. The third kappa shape index (κ3) is 4.18. The molecule has 5 heterocycles. The van der Waals surface area contributed by atoms with Gasteiger partial charge in [0.05, 0.1) is 18.2 Å². The Morgan fingerprint density at radius 2 is 1.97 bits per heavy atom. The lowest BCUT2D eigenvalue weighted by molar-refractivity contribution is -0.125. The Balaban J connectivity index is 1.14. The Morgan fingerprint density at radius 3 is 2.71 bits per heavy atom. The van der Waals surface area contributed by atoms with Gasteiger partial charge in [0, 0.05) is 67.3 Å². The molecular weight excluding hydrogens is 489 g/mol. The number of likely N-dealkylation sites (tertiary alicyclic amines) is 2. The molecule has 0 spiro atoms. The number of nitrogens with two attached hydrogens (primary N) is 1. The summed E-state index contributed by atoms with van der Waals surface area (Å²) in [5, 5.41) is 15.0. The Kier molecular flexibility index (Phi) is 5.87. The first kappa shape index (κ1) is 24.1. The SMILES string of the molecule is NC(=O)CC1(n2cc(-c3ccnc4[nH]ccc34)cn2)CN(C2CCN(C(=O)c3ccc(O)c(F)c3)CC2)C1. The summed E-state index contributed by atoms with van der Waals surface area (Å²) in [6.45, 7) is 2.36. The first-order valence-corrected chi connectivity index (χ1v) is 12.6. The summed E-state index contributed by atoms with van der Waals surface area (Å²) in [4.78, 5) is 36.4. The largest absolute Gasteiger partial charge is 0.505 e. The highest BCUT2D eigenvalue weighted by Gasteiger charge is 2.49. The van der Waals surface area contributed by atoms with Crippen LogP contribution in [0.15, 0.2) is 55.1 Å². The van der Waals surface area contributed by atoms with Crippen molar-refractivity contribution in [2.75, 3.05) is 26.2 Å². The van der Waals surface area contributed by atoms with E-state index in [-0.39, 0.29) is 29.8 Å². The summed E-state index contributed by atoms with van der Waals surface area (Å²) >= 11 is 0. The van der Waals surface area contributed by atoms with E-state index in [0.29, 0.717) is 26.2 Å². The van der Waals surface area contributed by atoms with Crippen LogP contribution in [0.2, 0.25) is 0 Å². The number of H-pyrrole nitrogens is 1. The van der Waals surface area contributed by atoms with Crippen LogP contribution in [-0.4, -0.2) is 78.7 Å². The molecule has 2 saturated heterocycles. The number of phenols is 1. The highest BCUT2D eigenvalue weighted by atomic mass is 19.1. The van der Waals surface area contributed by atoms with E-state index >= 15 is 0 Å². The Bertz CT molecular complexity index is 1520. The van der Waals surface area contributed by atoms with Gasteiger partial charge in [-0.15, -0.1) is 0 Å². The molecule has 10 nitrogen and oxygen atoms in total. The highest BCUT2D eigenvalue weighted by molar-refractivity contribution is 5.94. The standard InChI is InChI=1S/C27H28FN7O3/c28-22-11-17(1-2-23(22)36)26(38)33-9-5-19(6-10-33)34-15-27(16-34,12-24(29)37)35-14-18(13-32-35)20-3-7-30-25-21(20)4-8-31-25/h1-4,7-8,11,13-14,19,36H,5-6,9-10,12,15-16H2,(H2,29,37)(H,30,31). The van der Waals surface area contributed by atoms with Crippen LogP contribution >= 0.6 is 0 Å². The Hall–Kier alpha value is -4.25. The van der Waals surface area contributed by atoms with Gasteiger partial charge in [-0.05, 0) is 48.7 Å². The monoisotopic (exact) mass is 517 g/mol. The molecule has 38 heavy (non-hydrogen) atoms. The van der Waals surface area contributed by atoms with Crippen molar-refractivity contribution in [1.82, 2.24) is 29.5 Å². The maximum absolute atomic E-state index is 13.7. The number of amides is 2. The smallest absolute Gasteiger partial charge is 0.253 e. The number of fused-ring (bicyclic) bond motifs is 1. The zero-order valence-electron chi connectivity index (χ0n) is 20.7. The minimum atomic E-state index is -0.805. The second-order valence-electron chi connectivity index (χ2n) is 10.2. The van der Waals surface area contributed by atoms with Gasteiger partial charge in [0.1, 0.15) is 5.65 Å². The summed E-state index contributed by atoms with van der Waals surface area (Å²) in [6, 6.07) is 7.89. The molecule has 6 rings (SSSR count). The number of rotatable bonds is 6. The molecule has 0 radical (unpaired) electrons. The molecule has 0 unspecified atom stereocenters. The van der Waals surface area contributed by atoms with Crippen LogP contribution in [0.5, 0.6) is 5.75 Å². The fraction of sp³-hybridized carbons (Fsp3) is 0.333. The molecule has 1 aromatic carbocycles. The molecule has 2 amide bonds. The first-order valence-electron chi connectivity index (χ1n) is 12.6. The molecule has 0 bridgehead atoms. The summed E-state index contributed by atoms with van der Waals surface area (Å²) < 4.78 is 15.6. The van der Waals surface area contributed by atoms with E-state index in [0.717, 1.165) is 41.1 Å². The van der Waals surface area contributed by atoms with Crippen molar-refractivity contribution in [3.8, 4) is 16.9 Å². The fourth-order valence-corrected chi connectivity index (χ4v) is 5.82. The molecule has 2 aliphatic rings. The number of aromatic hydroxyl groups is 1. The summed E-state index contributed by atoms with van der Waals surface area (Å²) in [6.07, 6.45) is 9.11. The Morgan fingerprint density at radius 1 is 1.18 bits per heavy atom. The van der Waals surface area contributed by atoms with Crippen molar-refractivity contribution in [1.29, 1.82) is 0 Å². The van der Waals surface area contributed by atoms with Crippen molar-refractivity contribution in [2.45, 2.75) is 30.8 Å². The van der Waals surface area contributed by atoms with Crippen LogP contribution < -0.4 is 5.73 Å². The minimum Gasteiger partial charge on any atom is -0.505 e. The van der Waals surface area contributed by atoms with E-state index in [1.54, 1.807) is 11.1 Å². The number of nitrogens with zero attached hydrogens (tertiary/aromatic N) is 5. The highest BCUT2D eigenvalue weighted by Crippen LogP contribution is 2.37. The number of primary amides is 1. The zero-order valence-corrected chi connectivity index (χ0v) is 20.7. The van der Waals surface area contributed by atoms with Crippen LogP contribution in [0.3, 0.4) is 0 Å². The maximum Gasteiger partial charge on any atom is 0.253 e. The van der Waals surface area contributed by atoms with Gasteiger partial charge in [-0.2, -0.15) is 5.10 Å². The quantitative estimate of drug-likeness (QED) is 0.360. The van der Waals surface area contributed by atoms with Crippen LogP contribution in [0.1, 0.15) is 29.6 Å². The van der Waals surface area contributed by atoms with E-state index in [1.165, 1.54) is 12.1 Å². The molecule has 3 aromatic heterocycles. The van der Waals surface area contributed by atoms with Gasteiger partial charge in [-0.25, -0.2) is 9.37 Å².